The van der Waals surface area contributed by atoms with Crippen LogP contribution in [-0.4, -0.2) is 38.0 Å². The average Bonchev–Trinajstić information content (AvgIpc) is 3.42. The standard InChI is InChI=1S/C17H27N3S.HI/c1-18-17(20(2)10-9-15-4-3-11-21-15)19-12-16(13-5-6-13)14-7-8-14;/h3-4,11,13-14,16H,5-10,12H2,1-2H3,(H,18,19);1H. The first-order valence-electron chi connectivity index (χ1n) is 8.22. The maximum absolute atomic E-state index is 4.45. The number of rotatable bonds is 7. The number of guanidine groups is 1. The molecule has 0 aromatic carbocycles. The Labute approximate surface area is 155 Å². The van der Waals surface area contributed by atoms with E-state index >= 15 is 0 Å². The molecular weight excluding hydrogens is 405 g/mol. The van der Waals surface area contributed by atoms with Crippen LogP contribution in [0.4, 0.5) is 0 Å². The Morgan fingerprint density at radius 2 is 2.05 bits per heavy atom. The third-order valence-corrected chi connectivity index (χ3v) is 5.73. The lowest BCUT2D eigenvalue weighted by molar-refractivity contribution is 0.389. The van der Waals surface area contributed by atoms with Gasteiger partial charge in [-0.2, -0.15) is 0 Å². The van der Waals surface area contributed by atoms with Crippen LogP contribution in [0.25, 0.3) is 0 Å². The van der Waals surface area contributed by atoms with Gasteiger partial charge >= 0.3 is 0 Å². The molecule has 3 rings (SSSR count). The molecule has 1 heterocycles. The first-order chi connectivity index (χ1) is 10.3. The summed E-state index contributed by atoms with van der Waals surface area (Å²) in [4.78, 5) is 8.16. The predicted molar refractivity (Wildman–Crippen MR) is 106 cm³/mol. The van der Waals surface area contributed by atoms with E-state index in [0.29, 0.717) is 0 Å². The molecule has 2 saturated carbocycles. The van der Waals surface area contributed by atoms with Crippen molar-refractivity contribution in [3.8, 4) is 0 Å². The molecule has 3 nitrogen and oxygen atoms in total. The molecule has 1 N–H and O–H groups in total. The number of likely N-dealkylation sites (N-methyl/N-ethyl adjacent to an activating group) is 1. The average molecular weight is 433 g/mol. The third kappa shape index (κ3) is 5.11. The Hall–Kier alpha value is -0.300. The molecule has 0 bridgehead atoms. The fourth-order valence-electron chi connectivity index (χ4n) is 3.20. The van der Waals surface area contributed by atoms with Crippen molar-refractivity contribution in [2.45, 2.75) is 32.1 Å². The van der Waals surface area contributed by atoms with Crippen molar-refractivity contribution in [3.05, 3.63) is 22.4 Å². The summed E-state index contributed by atoms with van der Waals surface area (Å²) in [5, 5.41) is 5.77. The number of nitrogens with zero attached hydrogens (tertiary/aromatic N) is 2. The highest BCUT2D eigenvalue weighted by Crippen LogP contribution is 2.48. The minimum absolute atomic E-state index is 0. The molecule has 0 atom stereocenters. The molecule has 0 spiro atoms. The number of halogens is 1. The molecule has 2 fully saturated rings. The van der Waals surface area contributed by atoms with E-state index in [9.17, 15) is 0 Å². The molecule has 0 unspecified atom stereocenters. The van der Waals surface area contributed by atoms with Crippen molar-refractivity contribution in [1.29, 1.82) is 0 Å². The topological polar surface area (TPSA) is 27.6 Å². The molecule has 2 aliphatic carbocycles. The molecule has 1 aromatic rings. The van der Waals surface area contributed by atoms with E-state index in [4.69, 9.17) is 0 Å². The number of aliphatic imine (C=N–C) groups is 1. The summed E-state index contributed by atoms with van der Waals surface area (Å²) >= 11 is 1.84. The van der Waals surface area contributed by atoms with Gasteiger partial charge in [-0.3, -0.25) is 4.99 Å². The summed E-state index contributed by atoms with van der Waals surface area (Å²) in [7, 11) is 4.04. The zero-order valence-corrected chi connectivity index (χ0v) is 16.8. The second-order valence-electron chi connectivity index (χ2n) is 6.52. The van der Waals surface area contributed by atoms with E-state index < -0.39 is 0 Å². The maximum Gasteiger partial charge on any atom is 0.193 e. The van der Waals surface area contributed by atoms with Crippen LogP contribution in [0.15, 0.2) is 22.5 Å². The Morgan fingerprint density at radius 1 is 1.36 bits per heavy atom. The van der Waals surface area contributed by atoms with Crippen molar-refractivity contribution in [1.82, 2.24) is 10.2 Å². The van der Waals surface area contributed by atoms with Crippen LogP contribution in [0.5, 0.6) is 0 Å². The number of nitrogens with one attached hydrogen (secondary N) is 1. The lowest BCUT2D eigenvalue weighted by Crippen LogP contribution is -2.42. The highest BCUT2D eigenvalue weighted by molar-refractivity contribution is 14.0. The van der Waals surface area contributed by atoms with Gasteiger partial charge < -0.3 is 10.2 Å². The van der Waals surface area contributed by atoms with Gasteiger partial charge in [-0.25, -0.2) is 0 Å². The molecule has 1 aromatic heterocycles. The van der Waals surface area contributed by atoms with Gasteiger partial charge in [0.1, 0.15) is 0 Å². The molecule has 0 aliphatic heterocycles. The molecule has 0 saturated heterocycles. The second-order valence-corrected chi connectivity index (χ2v) is 7.55. The van der Waals surface area contributed by atoms with Crippen LogP contribution >= 0.6 is 35.3 Å². The summed E-state index contributed by atoms with van der Waals surface area (Å²) < 4.78 is 0. The zero-order chi connectivity index (χ0) is 14.7. The van der Waals surface area contributed by atoms with Gasteiger partial charge in [-0.15, -0.1) is 35.3 Å². The lowest BCUT2D eigenvalue weighted by Gasteiger charge is -2.24. The van der Waals surface area contributed by atoms with E-state index in [-0.39, 0.29) is 24.0 Å². The van der Waals surface area contributed by atoms with Crippen LogP contribution in [0, 0.1) is 17.8 Å². The fraction of sp³-hybridized carbons (Fsp3) is 0.706. The normalized spacial score (nSPS) is 18.2. The smallest absolute Gasteiger partial charge is 0.193 e. The monoisotopic (exact) mass is 433 g/mol. The number of hydrogen-bond acceptors (Lipinski definition) is 2. The van der Waals surface area contributed by atoms with Gasteiger partial charge in [0.2, 0.25) is 0 Å². The first-order valence-corrected chi connectivity index (χ1v) is 9.10. The Bertz CT molecular complexity index is 454. The number of thiophene rings is 1. The van der Waals surface area contributed by atoms with Crippen LogP contribution < -0.4 is 5.32 Å². The first kappa shape index (κ1) is 18.0. The van der Waals surface area contributed by atoms with E-state index in [1.54, 1.807) is 0 Å². The minimum atomic E-state index is 0. The van der Waals surface area contributed by atoms with Gasteiger partial charge in [-0.05, 0) is 61.3 Å². The Balaban J connectivity index is 0.00000176. The summed E-state index contributed by atoms with van der Waals surface area (Å²) in [5.74, 6) is 3.95. The van der Waals surface area contributed by atoms with E-state index in [1.165, 1.54) is 30.6 Å². The van der Waals surface area contributed by atoms with Gasteiger partial charge in [0.05, 0.1) is 0 Å². The summed E-state index contributed by atoms with van der Waals surface area (Å²) in [6, 6.07) is 4.34. The van der Waals surface area contributed by atoms with Crippen molar-refractivity contribution in [2.75, 3.05) is 27.2 Å². The second kappa shape index (κ2) is 8.52. The quantitative estimate of drug-likeness (QED) is 0.402. The van der Waals surface area contributed by atoms with Crippen molar-refractivity contribution in [3.63, 3.8) is 0 Å². The summed E-state index contributed by atoms with van der Waals surface area (Å²) in [6.07, 6.45) is 6.92. The van der Waals surface area contributed by atoms with E-state index in [2.05, 4.69) is 39.8 Å². The Kier molecular flexibility index (Phi) is 6.99. The predicted octanol–water partition coefficient (Wildman–Crippen LogP) is 3.85. The molecular formula is C17H28IN3S. The third-order valence-electron chi connectivity index (χ3n) is 4.80. The van der Waals surface area contributed by atoms with Crippen LogP contribution in [0.3, 0.4) is 0 Å². The summed E-state index contributed by atoms with van der Waals surface area (Å²) in [5.41, 5.74) is 0. The lowest BCUT2D eigenvalue weighted by atomic mass is 9.98. The molecule has 5 heteroatoms. The van der Waals surface area contributed by atoms with Gasteiger partial charge in [0, 0.05) is 32.1 Å². The van der Waals surface area contributed by atoms with Gasteiger partial charge in [0.15, 0.2) is 5.96 Å². The number of hydrogen-bond donors (Lipinski definition) is 1. The molecule has 2 aliphatic rings. The van der Waals surface area contributed by atoms with Crippen molar-refractivity contribution < 1.29 is 0 Å². The fourth-order valence-corrected chi connectivity index (χ4v) is 3.90. The van der Waals surface area contributed by atoms with Gasteiger partial charge in [0.25, 0.3) is 0 Å². The van der Waals surface area contributed by atoms with Crippen LogP contribution in [-0.2, 0) is 6.42 Å². The maximum atomic E-state index is 4.45. The molecule has 124 valence electrons. The SMILES string of the molecule is CN=C(NCC(C1CC1)C1CC1)N(C)CCc1cccs1.I. The van der Waals surface area contributed by atoms with Crippen molar-refractivity contribution in [2.24, 2.45) is 22.7 Å². The molecule has 22 heavy (non-hydrogen) atoms. The molecule has 0 amide bonds. The van der Waals surface area contributed by atoms with Gasteiger partial charge in [-0.1, -0.05) is 6.07 Å². The minimum Gasteiger partial charge on any atom is -0.356 e. The van der Waals surface area contributed by atoms with E-state index in [1.807, 2.05) is 18.4 Å². The van der Waals surface area contributed by atoms with Crippen LogP contribution in [0.1, 0.15) is 30.6 Å². The van der Waals surface area contributed by atoms with Crippen LogP contribution in [0.2, 0.25) is 0 Å². The largest absolute Gasteiger partial charge is 0.356 e. The van der Waals surface area contributed by atoms with E-state index in [0.717, 1.165) is 43.2 Å². The molecule has 0 radical (unpaired) electrons. The zero-order valence-electron chi connectivity index (χ0n) is 13.6. The highest BCUT2D eigenvalue weighted by atomic mass is 127. The summed E-state index contributed by atoms with van der Waals surface area (Å²) in [6.45, 7) is 2.14. The highest BCUT2D eigenvalue weighted by Gasteiger charge is 2.41. The van der Waals surface area contributed by atoms with Crippen molar-refractivity contribution >= 4 is 41.3 Å². The Morgan fingerprint density at radius 3 is 2.55 bits per heavy atom.